The van der Waals surface area contributed by atoms with Gasteiger partial charge in [-0.15, -0.1) is 0 Å². The van der Waals surface area contributed by atoms with Gasteiger partial charge in [-0.1, -0.05) is 52.4 Å². The van der Waals surface area contributed by atoms with E-state index in [2.05, 4.69) is 6.92 Å². The molecule has 0 spiro atoms. The lowest BCUT2D eigenvalue weighted by Gasteiger charge is -2.07. The minimum atomic E-state index is -1.32. The lowest BCUT2D eigenvalue weighted by Crippen LogP contribution is -2.24. The molecule has 0 aliphatic carbocycles. The molecule has 0 aromatic rings. The van der Waals surface area contributed by atoms with Crippen molar-refractivity contribution in [1.82, 2.24) is 0 Å². The summed E-state index contributed by atoms with van der Waals surface area (Å²) in [7, 11) is 0. The number of aliphatic hydroxyl groups is 1. The number of carbonyl (C=O) groups excluding carboxylic acids is 2. The van der Waals surface area contributed by atoms with Gasteiger partial charge in [0.15, 0.2) is 5.78 Å². The molecule has 0 rings (SSSR count). The number of hydrogen-bond donors (Lipinski definition) is 2. The molecule has 0 amide bonds. The number of carboxylic acids is 1. The third-order valence-corrected chi connectivity index (χ3v) is 4.12. The molecule has 0 saturated carbocycles. The first-order valence-corrected chi connectivity index (χ1v) is 10.6. The number of aliphatic carboxylic acids is 1. The first-order chi connectivity index (χ1) is 14.8. The summed E-state index contributed by atoms with van der Waals surface area (Å²) < 4.78 is 4.78. The predicted molar refractivity (Wildman–Crippen MR) is 116 cm³/mol. The Morgan fingerprint density at radius 3 is 1.97 bits per heavy atom. The highest BCUT2D eigenvalue weighted by atomic mass is 16.5. The Bertz CT molecular complexity index is 696. The minimum Gasteiger partial charge on any atom is -0.478 e. The van der Waals surface area contributed by atoms with Crippen molar-refractivity contribution in [2.45, 2.75) is 84.7 Å². The van der Waals surface area contributed by atoms with Crippen molar-refractivity contribution in [2.24, 2.45) is 0 Å². The number of allylic oxidation sites excluding steroid dienone is 2. The maximum Gasteiger partial charge on any atom is 0.342 e. The Morgan fingerprint density at radius 1 is 0.935 bits per heavy atom. The molecule has 0 heterocycles. The zero-order chi connectivity index (χ0) is 24.1. The van der Waals surface area contributed by atoms with Crippen molar-refractivity contribution in [3.05, 3.63) is 23.3 Å². The molecule has 31 heavy (non-hydrogen) atoms. The van der Waals surface area contributed by atoms with Crippen LogP contribution in [0.15, 0.2) is 23.3 Å². The molecule has 0 saturated heterocycles. The van der Waals surface area contributed by atoms with Crippen LogP contribution in [0.1, 0.15) is 78.6 Å². The number of rotatable bonds is 14. The second-order valence-electron chi connectivity index (χ2n) is 6.84. The number of nitrogens with zero attached hydrogens (tertiary/aromatic N) is 2. The van der Waals surface area contributed by atoms with Gasteiger partial charge in [-0.25, -0.2) is 9.59 Å². The summed E-state index contributed by atoms with van der Waals surface area (Å²) in [6, 6.07) is 3.35. The van der Waals surface area contributed by atoms with Crippen LogP contribution in [0, 0.1) is 22.7 Å². The number of aliphatic hydroxyl groups excluding tert-OH is 1. The van der Waals surface area contributed by atoms with E-state index in [0.29, 0.717) is 12.8 Å². The normalized spacial score (nSPS) is 11.9. The van der Waals surface area contributed by atoms with E-state index >= 15 is 0 Å². The first kappa shape index (κ1) is 30.2. The van der Waals surface area contributed by atoms with E-state index in [-0.39, 0.29) is 12.2 Å². The zero-order valence-corrected chi connectivity index (χ0v) is 18.7. The van der Waals surface area contributed by atoms with Gasteiger partial charge in [0.2, 0.25) is 0 Å². The van der Waals surface area contributed by atoms with E-state index in [0.717, 1.165) is 37.8 Å². The third kappa shape index (κ3) is 16.5. The summed E-state index contributed by atoms with van der Waals surface area (Å²) in [5, 5.41) is 34.5. The van der Waals surface area contributed by atoms with E-state index in [1.807, 2.05) is 6.92 Å². The number of esters is 1. The number of carbonyl (C=O) groups is 3. The van der Waals surface area contributed by atoms with Gasteiger partial charge in [-0.2, -0.15) is 10.5 Å². The number of ketones is 1. The number of ether oxygens (including phenoxy) is 1. The molecule has 0 radical (unpaired) electrons. The fraction of sp³-hybridized carbons (Fsp3) is 0.609. The SMILES string of the molecule is CCCCCCCCC(=CC#N)C(=O)O.CCCCOC(=O)C(=CC#N)C(=O)C(C)O. The maximum absolute atomic E-state index is 11.4. The Kier molecular flexibility index (Phi) is 19.8. The van der Waals surface area contributed by atoms with Crippen molar-refractivity contribution in [3.63, 3.8) is 0 Å². The van der Waals surface area contributed by atoms with Gasteiger partial charge in [-0.05, 0) is 26.2 Å². The number of hydrogen-bond acceptors (Lipinski definition) is 7. The lowest BCUT2D eigenvalue weighted by molar-refractivity contribution is -0.141. The highest BCUT2D eigenvalue weighted by Gasteiger charge is 2.23. The molecule has 1 unspecified atom stereocenters. The number of nitriles is 2. The van der Waals surface area contributed by atoms with Gasteiger partial charge in [0.1, 0.15) is 11.7 Å². The average Bonchev–Trinajstić information content (AvgIpc) is 2.73. The Hall–Kier alpha value is -2.97. The Labute approximate surface area is 184 Å². The smallest absolute Gasteiger partial charge is 0.342 e. The van der Waals surface area contributed by atoms with Crippen molar-refractivity contribution in [1.29, 1.82) is 10.5 Å². The number of unbranched alkanes of at least 4 members (excludes halogenated alkanes) is 6. The third-order valence-electron chi connectivity index (χ3n) is 4.12. The quantitative estimate of drug-likeness (QED) is 0.104. The lowest BCUT2D eigenvalue weighted by atomic mass is 10.1. The minimum absolute atomic E-state index is 0.200. The molecule has 0 aromatic carbocycles. The fourth-order valence-electron chi connectivity index (χ4n) is 2.32. The van der Waals surface area contributed by atoms with Gasteiger partial charge in [0.05, 0.1) is 18.7 Å². The molecule has 0 bridgehead atoms. The molecular formula is C23H34N2O6. The van der Waals surface area contributed by atoms with Crippen LogP contribution in [-0.2, 0) is 19.1 Å². The standard InChI is InChI=1S/C12H19NO2.C11H15NO4/c1-2-3-4-5-6-7-8-11(9-10-13)12(14)15;1-3-4-7-16-11(15)9(5-6-12)10(14)8(2)13/h9H,2-8H2,1H3,(H,14,15);5,8,13H,3-4,7H2,1-2H3. The molecule has 2 N–H and O–H groups in total. The summed E-state index contributed by atoms with van der Waals surface area (Å²) >= 11 is 0. The fourth-order valence-corrected chi connectivity index (χ4v) is 2.32. The number of Topliss-reactive ketones (excluding diaryl/α,β-unsaturated/α-hetero) is 1. The van der Waals surface area contributed by atoms with Crippen LogP contribution in [0.5, 0.6) is 0 Å². The first-order valence-electron chi connectivity index (χ1n) is 10.6. The van der Waals surface area contributed by atoms with Crippen molar-refractivity contribution >= 4 is 17.7 Å². The van der Waals surface area contributed by atoms with Gasteiger partial charge < -0.3 is 14.9 Å². The second kappa shape index (κ2) is 20.3. The van der Waals surface area contributed by atoms with E-state index in [9.17, 15) is 14.4 Å². The van der Waals surface area contributed by atoms with Gasteiger partial charge in [-0.3, -0.25) is 4.79 Å². The van der Waals surface area contributed by atoms with Crippen LogP contribution >= 0.6 is 0 Å². The van der Waals surface area contributed by atoms with Gasteiger partial charge in [0, 0.05) is 17.7 Å². The Balaban J connectivity index is 0. The van der Waals surface area contributed by atoms with E-state index in [4.69, 9.17) is 25.5 Å². The van der Waals surface area contributed by atoms with Crippen molar-refractivity contribution in [2.75, 3.05) is 6.61 Å². The molecule has 8 nitrogen and oxygen atoms in total. The summed E-state index contributed by atoms with van der Waals surface area (Å²) in [5.74, 6) is -2.63. The highest BCUT2D eigenvalue weighted by molar-refractivity contribution is 6.19. The van der Waals surface area contributed by atoms with E-state index < -0.39 is 29.4 Å². The molecule has 8 heteroatoms. The monoisotopic (exact) mass is 434 g/mol. The average molecular weight is 435 g/mol. The van der Waals surface area contributed by atoms with Crippen molar-refractivity contribution < 1.29 is 29.3 Å². The zero-order valence-electron chi connectivity index (χ0n) is 18.7. The van der Waals surface area contributed by atoms with Crippen LogP contribution in [0.25, 0.3) is 0 Å². The Morgan fingerprint density at radius 2 is 1.48 bits per heavy atom. The molecule has 0 fully saturated rings. The predicted octanol–water partition coefficient (Wildman–Crippen LogP) is 4.00. The summed E-state index contributed by atoms with van der Waals surface area (Å²) in [4.78, 5) is 33.4. The van der Waals surface area contributed by atoms with Crippen LogP contribution in [0.3, 0.4) is 0 Å². The molecule has 1 atom stereocenters. The second-order valence-corrected chi connectivity index (χ2v) is 6.84. The molecule has 0 aromatic heterocycles. The maximum atomic E-state index is 11.4. The highest BCUT2D eigenvalue weighted by Crippen LogP contribution is 2.11. The van der Waals surface area contributed by atoms with Crippen LogP contribution in [0.4, 0.5) is 0 Å². The molecule has 172 valence electrons. The number of carboxylic acid groups (broad SMARTS) is 1. The van der Waals surface area contributed by atoms with Gasteiger partial charge >= 0.3 is 11.9 Å². The van der Waals surface area contributed by atoms with E-state index in [1.54, 1.807) is 12.1 Å². The molecule has 0 aliphatic rings. The topological polar surface area (TPSA) is 148 Å². The van der Waals surface area contributed by atoms with Crippen LogP contribution < -0.4 is 0 Å². The summed E-state index contributed by atoms with van der Waals surface area (Å²) in [6.45, 7) is 5.52. The largest absolute Gasteiger partial charge is 0.478 e. The van der Waals surface area contributed by atoms with Gasteiger partial charge in [0.25, 0.3) is 0 Å². The summed E-state index contributed by atoms with van der Waals surface area (Å²) in [5.41, 5.74) is -0.179. The molecular weight excluding hydrogens is 400 g/mol. The van der Waals surface area contributed by atoms with Crippen molar-refractivity contribution in [3.8, 4) is 12.1 Å². The van der Waals surface area contributed by atoms with Crippen LogP contribution in [0.2, 0.25) is 0 Å². The van der Waals surface area contributed by atoms with E-state index in [1.165, 1.54) is 26.2 Å². The van der Waals surface area contributed by atoms with Crippen LogP contribution in [-0.4, -0.2) is 40.6 Å². The molecule has 0 aliphatic heterocycles. The summed E-state index contributed by atoms with van der Waals surface area (Å²) in [6.07, 6.45) is 9.43.